The summed E-state index contributed by atoms with van der Waals surface area (Å²) in [5.41, 5.74) is 0.294. The molecule has 15 heavy (non-hydrogen) atoms. The van der Waals surface area contributed by atoms with E-state index in [1.54, 1.807) is 0 Å². The minimum Gasteiger partial charge on any atom is -0.481 e. The molecule has 4 bridgehead atoms. The van der Waals surface area contributed by atoms with Crippen LogP contribution in [0, 0.1) is 22.2 Å². The number of aliphatic carboxylic acids is 1. The van der Waals surface area contributed by atoms with Gasteiger partial charge in [0.05, 0.1) is 5.41 Å². The molecule has 0 aromatic heterocycles. The first-order chi connectivity index (χ1) is 6.85. The molecule has 0 amide bonds. The van der Waals surface area contributed by atoms with Crippen LogP contribution in [0.4, 0.5) is 0 Å². The Morgan fingerprint density at radius 2 is 1.60 bits per heavy atom. The summed E-state index contributed by atoms with van der Waals surface area (Å²) in [5, 5.41) is 9.51. The van der Waals surface area contributed by atoms with Crippen molar-refractivity contribution in [3.8, 4) is 0 Å². The van der Waals surface area contributed by atoms with Crippen molar-refractivity contribution in [2.45, 2.75) is 52.4 Å². The van der Waals surface area contributed by atoms with Gasteiger partial charge >= 0.3 is 5.97 Å². The maximum Gasteiger partial charge on any atom is 0.309 e. The van der Waals surface area contributed by atoms with Crippen LogP contribution >= 0.6 is 0 Å². The van der Waals surface area contributed by atoms with Gasteiger partial charge in [0, 0.05) is 0 Å². The molecular formula is C13H20O2. The predicted octanol–water partition coefficient (Wildman–Crippen LogP) is 3.07. The number of carboxylic acid groups (broad SMARTS) is 1. The van der Waals surface area contributed by atoms with Crippen molar-refractivity contribution in [2.75, 3.05) is 0 Å². The van der Waals surface area contributed by atoms with Crippen LogP contribution in [-0.4, -0.2) is 11.1 Å². The third kappa shape index (κ3) is 1.20. The van der Waals surface area contributed by atoms with Crippen molar-refractivity contribution in [1.82, 2.24) is 0 Å². The van der Waals surface area contributed by atoms with E-state index in [2.05, 4.69) is 13.8 Å². The molecule has 4 aliphatic carbocycles. The van der Waals surface area contributed by atoms with Crippen molar-refractivity contribution >= 4 is 5.97 Å². The molecule has 4 fully saturated rings. The van der Waals surface area contributed by atoms with E-state index in [0.29, 0.717) is 16.7 Å². The summed E-state index contributed by atoms with van der Waals surface area (Å²) in [7, 11) is 0. The lowest BCUT2D eigenvalue weighted by Gasteiger charge is -2.63. The molecule has 0 heterocycles. The standard InChI is InChI=1S/C13H20O2/c1-11-3-9-4-12(2,6-11)8-13(5-9,7-11)10(14)15/h9H,3-8H2,1-2H3,(H,14,15). The molecule has 4 aliphatic rings. The Bertz CT molecular complexity index is 315. The minimum atomic E-state index is -0.524. The monoisotopic (exact) mass is 208 g/mol. The lowest BCUT2D eigenvalue weighted by molar-refractivity contribution is -0.185. The molecule has 0 aliphatic heterocycles. The zero-order valence-corrected chi connectivity index (χ0v) is 9.68. The topological polar surface area (TPSA) is 37.3 Å². The Hall–Kier alpha value is -0.530. The summed E-state index contributed by atoms with van der Waals surface area (Å²) in [5.74, 6) is 0.163. The van der Waals surface area contributed by atoms with E-state index in [0.717, 1.165) is 19.3 Å². The highest BCUT2D eigenvalue weighted by Crippen LogP contribution is 2.69. The van der Waals surface area contributed by atoms with Crippen LogP contribution in [-0.2, 0) is 4.79 Å². The van der Waals surface area contributed by atoms with E-state index in [-0.39, 0.29) is 5.41 Å². The first-order valence-electron chi connectivity index (χ1n) is 6.08. The molecular weight excluding hydrogens is 188 g/mol. The summed E-state index contributed by atoms with van der Waals surface area (Å²) in [6.07, 6.45) is 6.62. The van der Waals surface area contributed by atoms with E-state index >= 15 is 0 Å². The average Bonchev–Trinajstić information content (AvgIpc) is 1.95. The molecule has 2 nitrogen and oxygen atoms in total. The molecule has 0 aromatic carbocycles. The van der Waals surface area contributed by atoms with Crippen molar-refractivity contribution < 1.29 is 9.90 Å². The third-order valence-electron chi connectivity index (χ3n) is 5.08. The van der Waals surface area contributed by atoms with Gasteiger partial charge in [0.15, 0.2) is 0 Å². The number of hydrogen-bond donors (Lipinski definition) is 1. The van der Waals surface area contributed by atoms with Crippen LogP contribution in [0.15, 0.2) is 0 Å². The molecule has 2 heteroatoms. The van der Waals surface area contributed by atoms with Crippen LogP contribution in [0.1, 0.15) is 52.4 Å². The maximum absolute atomic E-state index is 11.5. The molecule has 0 spiro atoms. The van der Waals surface area contributed by atoms with Crippen LogP contribution in [0.2, 0.25) is 0 Å². The van der Waals surface area contributed by atoms with Crippen LogP contribution in [0.25, 0.3) is 0 Å². The van der Waals surface area contributed by atoms with Gasteiger partial charge in [-0.3, -0.25) is 4.79 Å². The highest BCUT2D eigenvalue weighted by molar-refractivity contribution is 5.75. The van der Waals surface area contributed by atoms with Crippen LogP contribution in [0.5, 0.6) is 0 Å². The Balaban J connectivity index is 2.05. The van der Waals surface area contributed by atoms with Crippen molar-refractivity contribution in [3.63, 3.8) is 0 Å². The molecule has 2 unspecified atom stereocenters. The molecule has 0 aromatic rings. The van der Waals surface area contributed by atoms with Crippen molar-refractivity contribution in [2.24, 2.45) is 22.2 Å². The van der Waals surface area contributed by atoms with Gasteiger partial charge in [-0.2, -0.15) is 0 Å². The van der Waals surface area contributed by atoms with E-state index < -0.39 is 5.97 Å². The highest BCUT2D eigenvalue weighted by atomic mass is 16.4. The molecule has 84 valence electrons. The molecule has 4 rings (SSSR count). The SMILES string of the molecule is CC12CC3CC(C)(C1)CC(C(=O)O)(C3)C2. The van der Waals surface area contributed by atoms with Gasteiger partial charge in [0.2, 0.25) is 0 Å². The number of hydrogen-bond acceptors (Lipinski definition) is 1. The maximum atomic E-state index is 11.5. The quantitative estimate of drug-likeness (QED) is 0.719. The summed E-state index contributed by atoms with van der Waals surface area (Å²) in [6.45, 7) is 4.63. The van der Waals surface area contributed by atoms with Gasteiger partial charge in [-0.1, -0.05) is 13.8 Å². The van der Waals surface area contributed by atoms with Gasteiger partial charge < -0.3 is 5.11 Å². The summed E-state index contributed by atoms with van der Waals surface area (Å²) >= 11 is 0. The normalized spacial score (nSPS) is 57.1. The predicted molar refractivity (Wildman–Crippen MR) is 57.5 cm³/mol. The fraction of sp³-hybridized carbons (Fsp3) is 0.923. The van der Waals surface area contributed by atoms with Crippen LogP contribution in [0.3, 0.4) is 0 Å². The van der Waals surface area contributed by atoms with Crippen LogP contribution < -0.4 is 0 Å². The van der Waals surface area contributed by atoms with Gasteiger partial charge in [0.25, 0.3) is 0 Å². The fourth-order valence-corrected chi connectivity index (χ4v) is 5.69. The first kappa shape index (κ1) is 9.68. The summed E-state index contributed by atoms with van der Waals surface area (Å²) in [6, 6.07) is 0. The minimum absolute atomic E-state index is 0.326. The number of carboxylic acids is 1. The molecule has 0 radical (unpaired) electrons. The van der Waals surface area contributed by atoms with Gasteiger partial charge in [0.1, 0.15) is 0 Å². The Labute approximate surface area is 91.1 Å². The van der Waals surface area contributed by atoms with Gasteiger partial charge in [-0.25, -0.2) is 0 Å². The largest absolute Gasteiger partial charge is 0.481 e. The van der Waals surface area contributed by atoms with E-state index in [9.17, 15) is 9.90 Å². The Morgan fingerprint density at radius 1 is 1.07 bits per heavy atom. The second kappa shape index (κ2) is 2.41. The van der Waals surface area contributed by atoms with Gasteiger partial charge in [-0.15, -0.1) is 0 Å². The van der Waals surface area contributed by atoms with E-state index in [1.165, 1.54) is 19.3 Å². The molecule has 4 saturated carbocycles. The molecule has 1 N–H and O–H groups in total. The number of carbonyl (C=O) groups is 1. The lowest BCUT2D eigenvalue weighted by atomic mass is 9.40. The zero-order valence-electron chi connectivity index (χ0n) is 9.68. The zero-order chi connectivity index (χ0) is 10.9. The average molecular weight is 208 g/mol. The Morgan fingerprint density at radius 3 is 2.00 bits per heavy atom. The van der Waals surface area contributed by atoms with Crippen molar-refractivity contribution in [1.29, 1.82) is 0 Å². The third-order valence-corrected chi connectivity index (χ3v) is 5.08. The molecule has 2 atom stereocenters. The van der Waals surface area contributed by atoms with Gasteiger partial charge in [-0.05, 0) is 55.3 Å². The highest BCUT2D eigenvalue weighted by Gasteiger charge is 2.62. The first-order valence-corrected chi connectivity index (χ1v) is 6.08. The smallest absolute Gasteiger partial charge is 0.309 e. The second-order valence-electron chi connectivity index (χ2n) is 7.22. The fourth-order valence-electron chi connectivity index (χ4n) is 5.69. The lowest BCUT2D eigenvalue weighted by Crippen LogP contribution is -2.57. The van der Waals surface area contributed by atoms with Crippen molar-refractivity contribution in [3.05, 3.63) is 0 Å². The Kier molecular flexibility index (Phi) is 1.56. The molecule has 0 saturated heterocycles. The summed E-state index contributed by atoms with van der Waals surface area (Å²) in [4.78, 5) is 11.5. The summed E-state index contributed by atoms with van der Waals surface area (Å²) < 4.78 is 0. The second-order valence-corrected chi connectivity index (χ2v) is 7.22. The van der Waals surface area contributed by atoms with E-state index in [4.69, 9.17) is 0 Å². The number of rotatable bonds is 1. The van der Waals surface area contributed by atoms with E-state index in [1.807, 2.05) is 0 Å².